The Hall–Kier alpha value is -2.38. The smallest absolute Gasteiger partial charge is 0.428 e. The number of benzene rings is 1. The molecule has 148 valence electrons. The fourth-order valence-electron chi connectivity index (χ4n) is 3.16. The Morgan fingerprint density at radius 3 is 2.70 bits per heavy atom. The SMILES string of the molecule is NOC(=O)N1CCCCC[C@@H]1C/C=C/C[C@H](N)C(=O)OCc1ccccc1. The molecule has 0 aromatic heterocycles. The predicted molar refractivity (Wildman–Crippen MR) is 102 cm³/mol. The molecular formula is C20H29N3O4. The first-order chi connectivity index (χ1) is 13.1. The Balaban J connectivity index is 1.76. The zero-order chi connectivity index (χ0) is 19.5. The molecule has 1 aromatic carbocycles. The molecule has 1 heterocycles. The lowest BCUT2D eigenvalue weighted by Crippen LogP contribution is -2.41. The van der Waals surface area contributed by atoms with E-state index >= 15 is 0 Å². The van der Waals surface area contributed by atoms with Crippen molar-refractivity contribution in [2.75, 3.05) is 6.54 Å². The van der Waals surface area contributed by atoms with E-state index in [1.54, 1.807) is 4.90 Å². The lowest BCUT2D eigenvalue weighted by molar-refractivity contribution is -0.146. The minimum atomic E-state index is -0.704. The molecule has 27 heavy (non-hydrogen) atoms. The summed E-state index contributed by atoms with van der Waals surface area (Å²) in [5, 5.41) is 0. The van der Waals surface area contributed by atoms with Crippen molar-refractivity contribution in [1.29, 1.82) is 0 Å². The Kier molecular flexibility index (Phi) is 8.80. The molecule has 0 unspecified atom stereocenters. The van der Waals surface area contributed by atoms with Gasteiger partial charge in [0.05, 0.1) is 0 Å². The molecule has 4 N–H and O–H groups in total. The number of ether oxygens (including phenoxy) is 1. The van der Waals surface area contributed by atoms with Crippen LogP contribution in [-0.2, 0) is 21.0 Å². The fraction of sp³-hybridized carbons (Fsp3) is 0.500. The van der Waals surface area contributed by atoms with Gasteiger partial charge in [0.15, 0.2) is 0 Å². The van der Waals surface area contributed by atoms with Crippen molar-refractivity contribution in [2.24, 2.45) is 11.6 Å². The maximum absolute atomic E-state index is 12.0. The maximum atomic E-state index is 12.0. The lowest BCUT2D eigenvalue weighted by atomic mass is 10.1. The molecule has 1 amide bonds. The molecule has 2 atom stereocenters. The van der Waals surface area contributed by atoms with Gasteiger partial charge in [-0.25, -0.2) is 4.79 Å². The number of hydrogen-bond acceptors (Lipinski definition) is 6. The summed E-state index contributed by atoms with van der Waals surface area (Å²) in [7, 11) is 0. The number of esters is 1. The normalized spacial score (nSPS) is 18.7. The van der Waals surface area contributed by atoms with E-state index < -0.39 is 18.1 Å². The number of carbonyl (C=O) groups is 2. The van der Waals surface area contributed by atoms with Gasteiger partial charge in [-0.1, -0.05) is 55.3 Å². The van der Waals surface area contributed by atoms with Gasteiger partial charge < -0.3 is 20.2 Å². The van der Waals surface area contributed by atoms with E-state index in [0.29, 0.717) is 19.4 Å². The second-order valence-corrected chi connectivity index (χ2v) is 6.72. The number of likely N-dealkylation sites (tertiary alicyclic amines) is 1. The molecule has 7 nitrogen and oxygen atoms in total. The van der Waals surface area contributed by atoms with Gasteiger partial charge >= 0.3 is 12.1 Å². The minimum Gasteiger partial charge on any atom is -0.460 e. The van der Waals surface area contributed by atoms with Crippen LogP contribution in [0.1, 0.15) is 44.1 Å². The van der Waals surface area contributed by atoms with Crippen LogP contribution in [0.5, 0.6) is 0 Å². The topological polar surface area (TPSA) is 108 Å². The largest absolute Gasteiger partial charge is 0.460 e. The van der Waals surface area contributed by atoms with Gasteiger partial charge in [0.2, 0.25) is 0 Å². The highest BCUT2D eigenvalue weighted by Gasteiger charge is 2.25. The molecule has 0 saturated carbocycles. The monoisotopic (exact) mass is 375 g/mol. The molecule has 0 bridgehead atoms. The first-order valence-corrected chi connectivity index (χ1v) is 9.40. The number of hydrogen-bond donors (Lipinski definition) is 2. The Morgan fingerprint density at radius 1 is 1.19 bits per heavy atom. The fourth-order valence-corrected chi connectivity index (χ4v) is 3.16. The van der Waals surface area contributed by atoms with Crippen LogP contribution >= 0.6 is 0 Å². The summed E-state index contributed by atoms with van der Waals surface area (Å²) < 4.78 is 5.24. The Morgan fingerprint density at radius 2 is 1.96 bits per heavy atom. The molecule has 7 heteroatoms. The predicted octanol–water partition coefficient (Wildman–Crippen LogP) is 2.65. The minimum absolute atomic E-state index is 0.0565. The van der Waals surface area contributed by atoms with E-state index in [9.17, 15) is 9.59 Å². The molecule has 1 aliphatic rings. The first kappa shape index (κ1) is 20.9. The van der Waals surface area contributed by atoms with E-state index in [1.165, 1.54) is 0 Å². The quantitative estimate of drug-likeness (QED) is 0.431. The van der Waals surface area contributed by atoms with Crippen molar-refractivity contribution in [3.05, 3.63) is 48.0 Å². The molecule has 1 aromatic rings. The molecule has 0 aliphatic carbocycles. The van der Waals surface area contributed by atoms with Crippen LogP contribution in [-0.4, -0.2) is 35.6 Å². The average molecular weight is 375 g/mol. The van der Waals surface area contributed by atoms with E-state index in [-0.39, 0.29) is 12.6 Å². The van der Waals surface area contributed by atoms with Gasteiger partial charge in [-0.05, 0) is 31.2 Å². The summed E-state index contributed by atoms with van der Waals surface area (Å²) in [5.74, 6) is 4.61. The summed E-state index contributed by atoms with van der Waals surface area (Å²) in [6.45, 7) is 0.870. The maximum Gasteiger partial charge on any atom is 0.428 e. The summed E-state index contributed by atoms with van der Waals surface area (Å²) in [6.07, 6.45) is 8.42. The van der Waals surface area contributed by atoms with Gasteiger partial charge in [-0.15, -0.1) is 0 Å². The highest BCUT2D eigenvalue weighted by Crippen LogP contribution is 2.20. The molecule has 0 radical (unpaired) electrons. The van der Waals surface area contributed by atoms with Crippen LogP contribution < -0.4 is 11.6 Å². The summed E-state index contributed by atoms with van der Waals surface area (Å²) in [4.78, 5) is 29.9. The van der Waals surface area contributed by atoms with Gasteiger partial charge in [0.1, 0.15) is 12.6 Å². The number of carbonyl (C=O) groups excluding carboxylic acids is 2. The number of amides is 1. The van der Waals surface area contributed by atoms with Gasteiger partial charge in [0.25, 0.3) is 0 Å². The second-order valence-electron chi connectivity index (χ2n) is 6.72. The first-order valence-electron chi connectivity index (χ1n) is 9.40. The number of nitrogens with two attached hydrogens (primary N) is 2. The molecule has 1 saturated heterocycles. The Labute approximate surface area is 160 Å². The standard InChI is InChI=1S/C20H29N3O4/c21-18(19(24)26-15-16-9-3-1-4-10-16)13-7-6-12-17-11-5-2-8-14-23(17)20(25)27-22/h1,3-4,6-7,9-10,17-18H,2,5,8,11-15,21-22H2/b7-6+/t17-,18+/m1/s1. The van der Waals surface area contributed by atoms with E-state index in [4.69, 9.17) is 16.4 Å². The van der Waals surface area contributed by atoms with Crippen LogP contribution in [0.2, 0.25) is 0 Å². The third kappa shape index (κ3) is 7.03. The number of nitrogens with zero attached hydrogens (tertiary/aromatic N) is 1. The molecule has 1 aliphatic heterocycles. The third-order valence-electron chi connectivity index (χ3n) is 4.70. The molecule has 2 rings (SSSR count). The summed E-state index contributed by atoms with van der Waals surface area (Å²) in [6, 6.07) is 8.83. The van der Waals surface area contributed by atoms with Crippen molar-refractivity contribution < 1.29 is 19.2 Å². The summed E-state index contributed by atoms with van der Waals surface area (Å²) >= 11 is 0. The van der Waals surface area contributed by atoms with E-state index in [0.717, 1.165) is 31.2 Å². The van der Waals surface area contributed by atoms with Crippen LogP contribution in [0.4, 0.5) is 4.79 Å². The molecular weight excluding hydrogens is 346 g/mol. The third-order valence-corrected chi connectivity index (χ3v) is 4.70. The zero-order valence-electron chi connectivity index (χ0n) is 15.6. The van der Waals surface area contributed by atoms with Gasteiger partial charge in [-0.3, -0.25) is 4.79 Å². The zero-order valence-corrected chi connectivity index (χ0v) is 15.6. The van der Waals surface area contributed by atoms with Crippen molar-refractivity contribution in [1.82, 2.24) is 4.90 Å². The average Bonchev–Trinajstić information content (AvgIpc) is 2.95. The Bertz CT molecular complexity index is 621. The van der Waals surface area contributed by atoms with Crippen LogP contribution in [0.25, 0.3) is 0 Å². The molecule has 1 fully saturated rings. The van der Waals surface area contributed by atoms with Crippen molar-refractivity contribution >= 4 is 12.1 Å². The van der Waals surface area contributed by atoms with E-state index in [2.05, 4.69) is 4.84 Å². The van der Waals surface area contributed by atoms with Crippen LogP contribution in [0.3, 0.4) is 0 Å². The highest BCUT2D eigenvalue weighted by molar-refractivity contribution is 5.75. The lowest BCUT2D eigenvalue weighted by Gasteiger charge is -2.27. The van der Waals surface area contributed by atoms with Crippen LogP contribution in [0, 0.1) is 0 Å². The molecule has 0 spiro atoms. The van der Waals surface area contributed by atoms with Crippen molar-refractivity contribution in [3.8, 4) is 0 Å². The highest BCUT2D eigenvalue weighted by atomic mass is 16.7. The second kappa shape index (κ2) is 11.4. The van der Waals surface area contributed by atoms with E-state index in [1.807, 2.05) is 42.5 Å². The summed E-state index contributed by atoms with van der Waals surface area (Å²) in [5.41, 5.74) is 6.82. The van der Waals surface area contributed by atoms with Gasteiger partial charge in [0, 0.05) is 12.6 Å². The number of rotatable bonds is 7. The van der Waals surface area contributed by atoms with Gasteiger partial charge in [-0.2, -0.15) is 5.90 Å². The van der Waals surface area contributed by atoms with Crippen molar-refractivity contribution in [2.45, 2.75) is 57.2 Å². The van der Waals surface area contributed by atoms with Crippen LogP contribution in [0.15, 0.2) is 42.5 Å². The van der Waals surface area contributed by atoms with Crippen molar-refractivity contribution in [3.63, 3.8) is 0 Å².